The Morgan fingerprint density at radius 3 is 2.95 bits per heavy atom. The number of benzene rings is 1. The van der Waals surface area contributed by atoms with Crippen molar-refractivity contribution >= 4 is 5.78 Å². The maximum atomic E-state index is 11.6. The minimum Gasteiger partial charge on any atom is -0.494 e. The van der Waals surface area contributed by atoms with Gasteiger partial charge in [0.05, 0.1) is 6.61 Å². The summed E-state index contributed by atoms with van der Waals surface area (Å²) >= 11 is 0. The molecule has 0 saturated carbocycles. The Kier molecular flexibility index (Phi) is 5.76. The molecular formula is C17H26N2O2. The Balaban J connectivity index is 2.15. The van der Waals surface area contributed by atoms with Crippen molar-refractivity contribution in [3.63, 3.8) is 0 Å². The van der Waals surface area contributed by atoms with Crippen LogP contribution in [-0.4, -0.2) is 43.5 Å². The number of nitrogens with one attached hydrogen (secondary N) is 1. The predicted molar refractivity (Wildman–Crippen MR) is 85.0 cm³/mol. The van der Waals surface area contributed by atoms with Crippen LogP contribution in [0.25, 0.3) is 0 Å². The molecule has 1 aromatic carbocycles. The number of carbonyl (C=O) groups excluding carboxylic acids is 1. The minimum absolute atomic E-state index is 0.103. The maximum Gasteiger partial charge on any atom is 0.159 e. The van der Waals surface area contributed by atoms with E-state index in [4.69, 9.17) is 4.74 Å². The van der Waals surface area contributed by atoms with Crippen LogP contribution in [0.3, 0.4) is 0 Å². The van der Waals surface area contributed by atoms with Gasteiger partial charge in [-0.05, 0) is 58.5 Å². The minimum atomic E-state index is 0.103. The van der Waals surface area contributed by atoms with Gasteiger partial charge in [-0.15, -0.1) is 0 Å². The van der Waals surface area contributed by atoms with Gasteiger partial charge in [-0.25, -0.2) is 0 Å². The molecule has 1 aliphatic rings. The monoisotopic (exact) mass is 290 g/mol. The van der Waals surface area contributed by atoms with E-state index in [0.717, 1.165) is 36.5 Å². The lowest BCUT2D eigenvalue weighted by Gasteiger charge is -2.32. The molecule has 1 unspecified atom stereocenters. The van der Waals surface area contributed by atoms with Crippen LogP contribution in [0.2, 0.25) is 0 Å². The number of nitrogens with zero attached hydrogens (tertiary/aromatic N) is 1. The standard InChI is InChI=1S/C17H26N2O2/c1-4-21-17-8-7-14(13(2)20)10-15(17)11-19-9-5-6-16(12-19)18-3/h7-8,10,16,18H,4-6,9,11-12H2,1-3H3. The first-order valence-corrected chi connectivity index (χ1v) is 7.80. The van der Waals surface area contributed by atoms with E-state index in [1.54, 1.807) is 6.92 Å². The highest BCUT2D eigenvalue weighted by molar-refractivity contribution is 5.94. The summed E-state index contributed by atoms with van der Waals surface area (Å²) < 4.78 is 5.71. The number of hydrogen-bond donors (Lipinski definition) is 1. The van der Waals surface area contributed by atoms with E-state index in [9.17, 15) is 4.79 Å². The van der Waals surface area contributed by atoms with E-state index in [1.165, 1.54) is 12.8 Å². The fraction of sp³-hybridized carbons (Fsp3) is 0.588. The van der Waals surface area contributed by atoms with Crippen molar-refractivity contribution < 1.29 is 9.53 Å². The van der Waals surface area contributed by atoms with Crippen LogP contribution in [-0.2, 0) is 6.54 Å². The number of rotatable bonds is 6. The molecule has 1 atom stereocenters. The molecular weight excluding hydrogens is 264 g/mol. The van der Waals surface area contributed by atoms with E-state index in [-0.39, 0.29) is 5.78 Å². The average molecular weight is 290 g/mol. The zero-order valence-corrected chi connectivity index (χ0v) is 13.3. The van der Waals surface area contributed by atoms with Crippen molar-refractivity contribution in [3.05, 3.63) is 29.3 Å². The number of likely N-dealkylation sites (N-methyl/N-ethyl adjacent to an activating group) is 1. The van der Waals surface area contributed by atoms with Crippen LogP contribution in [0.1, 0.15) is 42.6 Å². The molecule has 0 spiro atoms. The number of carbonyl (C=O) groups is 1. The Morgan fingerprint density at radius 1 is 1.48 bits per heavy atom. The second-order valence-corrected chi connectivity index (χ2v) is 5.67. The maximum absolute atomic E-state index is 11.6. The van der Waals surface area contributed by atoms with Crippen molar-refractivity contribution in [2.75, 3.05) is 26.7 Å². The van der Waals surface area contributed by atoms with Gasteiger partial charge in [0.1, 0.15) is 5.75 Å². The van der Waals surface area contributed by atoms with E-state index in [1.807, 2.05) is 32.2 Å². The third-order valence-electron chi connectivity index (χ3n) is 4.07. The number of likely N-dealkylation sites (tertiary alicyclic amines) is 1. The van der Waals surface area contributed by atoms with Gasteiger partial charge in [-0.2, -0.15) is 0 Å². The topological polar surface area (TPSA) is 41.6 Å². The second kappa shape index (κ2) is 7.57. The fourth-order valence-corrected chi connectivity index (χ4v) is 2.89. The van der Waals surface area contributed by atoms with Gasteiger partial charge < -0.3 is 10.1 Å². The first-order chi connectivity index (χ1) is 10.1. The molecule has 0 bridgehead atoms. The fourth-order valence-electron chi connectivity index (χ4n) is 2.89. The summed E-state index contributed by atoms with van der Waals surface area (Å²) in [6.07, 6.45) is 2.45. The van der Waals surface area contributed by atoms with Crippen LogP contribution in [0.5, 0.6) is 5.75 Å². The highest BCUT2D eigenvalue weighted by Crippen LogP contribution is 2.24. The molecule has 1 aliphatic heterocycles. The number of ketones is 1. The molecule has 21 heavy (non-hydrogen) atoms. The molecule has 1 heterocycles. The van der Waals surface area contributed by atoms with E-state index >= 15 is 0 Å². The summed E-state index contributed by atoms with van der Waals surface area (Å²) in [4.78, 5) is 14.0. The molecule has 116 valence electrons. The Morgan fingerprint density at radius 2 is 2.29 bits per heavy atom. The molecule has 0 aromatic heterocycles. The van der Waals surface area contributed by atoms with Gasteiger partial charge in [0.2, 0.25) is 0 Å². The molecule has 0 radical (unpaired) electrons. The Bertz CT molecular complexity index is 488. The number of hydrogen-bond acceptors (Lipinski definition) is 4. The lowest BCUT2D eigenvalue weighted by molar-refractivity contribution is 0.101. The van der Waals surface area contributed by atoms with Crippen LogP contribution in [0, 0.1) is 0 Å². The second-order valence-electron chi connectivity index (χ2n) is 5.67. The van der Waals surface area contributed by atoms with Gasteiger partial charge in [0.25, 0.3) is 0 Å². The van der Waals surface area contributed by atoms with Gasteiger partial charge >= 0.3 is 0 Å². The molecule has 1 saturated heterocycles. The largest absolute Gasteiger partial charge is 0.494 e. The Hall–Kier alpha value is -1.39. The molecule has 4 heteroatoms. The highest BCUT2D eigenvalue weighted by atomic mass is 16.5. The van der Waals surface area contributed by atoms with Gasteiger partial charge in [-0.1, -0.05) is 0 Å². The number of Topliss-reactive ketones (excluding diaryl/α,β-unsaturated/α-hetero) is 1. The molecule has 0 aliphatic carbocycles. The third-order valence-corrected chi connectivity index (χ3v) is 4.07. The van der Waals surface area contributed by atoms with Crippen molar-refractivity contribution in [1.82, 2.24) is 10.2 Å². The van der Waals surface area contributed by atoms with Gasteiger partial charge in [-0.3, -0.25) is 9.69 Å². The van der Waals surface area contributed by atoms with E-state index in [2.05, 4.69) is 10.2 Å². The predicted octanol–water partition coefficient (Wildman–Crippen LogP) is 2.47. The molecule has 2 rings (SSSR count). The number of piperidine rings is 1. The summed E-state index contributed by atoms with van der Waals surface area (Å²) in [7, 11) is 2.02. The average Bonchev–Trinajstić information content (AvgIpc) is 2.49. The van der Waals surface area contributed by atoms with Crippen molar-refractivity contribution in [3.8, 4) is 5.75 Å². The first-order valence-electron chi connectivity index (χ1n) is 7.80. The smallest absolute Gasteiger partial charge is 0.159 e. The molecule has 0 amide bonds. The summed E-state index contributed by atoms with van der Waals surface area (Å²) in [5, 5.41) is 3.36. The third kappa shape index (κ3) is 4.29. The van der Waals surface area contributed by atoms with E-state index < -0.39 is 0 Å². The summed E-state index contributed by atoms with van der Waals surface area (Å²) in [5.41, 5.74) is 1.87. The Labute approximate surface area is 127 Å². The SMILES string of the molecule is CCOc1ccc(C(C)=O)cc1CN1CCCC(NC)C1. The van der Waals surface area contributed by atoms with Crippen molar-refractivity contribution in [1.29, 1.82) is 0 Å². The quantitative estimate of drug-likeness (QED) is 0.817. The van der Waals surface area contributed by atoms with Crippen molar-refractivity contribution in [2.24, 2.45) is 0 Å². The molecule has 1 aromatic rings. The van der Waals surface area contributed by atoms with Crippen LogP contribution >= 0.6 is 0 Å². The summed E-state index contributed by atoms with van der Waals surface area (Å²) in [5.74, 6) is 1.00. The normalized spacial score (nSPS) is 19.5. The molecule has 4 nitrogen and oxygen atoms in total. The van der Waals surface area contributed by atoms with E-state index in [0.29, 0.717) is 12.6 Å². The van der Waals surface area contributed by atoms with Crippen LogP contribution in [0.4, 0.5) is 0 Å². The van der Waals surface area contributed by atoms with Crippen molar-refractivity contribution in [2.45, 2.75) is 39.3 Å². The van der Waals surface area contributed by atoms with Gasteiger partial charge in [0, 0.05) is 30.3 Å². The first kappa shape index (κ1) is 16.0. The van der Waals surface area contributed by atoms with Crippen LogP contribution < -0.4 is 10.1 Å². The zero-order chi connectivity index (χ0) is 15.2. The van der Waals surface area contributed by atoms with Crippen LogP contribution in [0.15, 0.2) is 18.2 Å². The highest BCUT2D eigenvalue weighted by Gasteiger charge is 2.20. The summed E-state index contributed by atoms with van der Waals surface area (Å²) in [6, 6.07) is 6.32. The lowest BCUT2D eigenvalue weighted by atomic mass is 10.0. The molecule has 1 fully saturated rings. The molecule has 1 N–H and O–H groups in total. The number of ether oxygens (including phenoxy) is 1. The lowest BCUT2D eigenvalue weighted by Crippen LogP contribution is -2.43. The zero-order valence-electron chi connectivity index (χ0n) is 13.3. The summed E-state index contributed by atoms with van der Waals surface area (Å²) in [6.45, 7) is 7.23. The van der Waals surface area contributed by atoms with Gasteiger partial charge in [0.15, 0.2) is 5.78 Å².